The van der Waals surface area contributed by atoms with E-state index in [1.807, 2.05) is 55.5 Å². The Hall–Kier alpha value is -2.60. The minimum absolute atomic E-state index is 0.0913. The number of rotatable bonds is 5. The van der Waals surface area contributed by atoms with Gasteiger partial charge < -0.3 is 10.1 Å². The third-order valence-corrected chi connectivity index (χ3v) is 3.62. The first-order valence-corrected chi connectivity index (χ1v) is 8.13. The average Bonchev–Trinajstić information content (AvgIpc) is 2.59. The van der Waals surface area contributed by atoms with Crippen LogP contribution in [0.4, 0.5) is 5.69 Å². The lowest BCUT2D eigenvalue weighted by molar-refractivity contribution is -0.123. The van der Waals surface area contributed by atoms with E-state index in [-0.39, 0.29) is 12.5 Å². The monoisotopic (exact) mass is 343 g/mol. The summed E-state index contributed by atoms with van der Waals surface area (Å²) < 4.78 is 5.47. The normalized spacial score (nSPS) is 9.92. The summed E-state index contributed by atoms with van der Waals surface area (Å²) in [7, 11) is 0. The maximum absolute atomic E-state index is 11.8. The lowest BCUT2D eigenvalue weighted by atomic mass is 10.1. The fraction of sp³-hybridized carbons (Fsp3) is 0.222. The van der Waals surface area contributed by atoms with Crippen LogP contribution in [0.2, 0.25) is 0 Å². The molecule has 24 heavy (non-hydrogen) atoms. The number of nitrogens with one attached hydrogen (secondary N) is 3. The smallest absolute Gasteiger partial charge is 0.276 e. The van der Waals surface area contributed by atoms with Crippen LogP contribution >= 0.6 is 12.2 Å². The molecule has 1 amide bonds. The summed E-state index contributed by atoms with van der Waals surface area (Å²) in [6, 6.07) is 15.4. The van der Waals surface area contributed by atoms with E-state index in [2.05, 4.69) is 23.1 Å². The molecule has 0 aliphatic heterocycles. The molecular weight excluding hydrogens is 322 g/mol. The van der Waals surface area contributed by atoms with Crippen molar-refractivity contribution in [1.82, 2.24) is 10.9 Å². The van der Waals surface area contributed by atoms with Crippen LogP contribution in [0.3, 0.4) is 0 Å². The number of benzene rings is 2. The molecule has 0 unspecified atom stereocenters. The van der Waals surface area contributed by atoms with Gasteiger partial charge in [0.25, 0.3) is 5.91 Å². The predicted octanol–water partition coefficient (Wildman–Crippen LogP) is 2.95. The molecular formula is C18H21N3O2S. The quantitative estimate of drug-likeness (QED) is 0.575. The van der Waals surface area contributed by atoms with Crippen LogP contribution in [-0.2, 0) is 11.2 Å². The molecule has 2 aromatic carbocycles. The molecule has 0 saturated heterocycles. The first-order chi connectivity index (χ1) is 11.6. The fourth-order valence-electron chi connectivity index (χ4n) is 2.13. The molecule has 3 N–H and O–H groups in total. The Morgan fingerprint density at radius 2 is 1.79 bits per heavy atom. The van der Waals surface area contributed by atoms with Crippen molar-refractivity contribution in [2.45, 2.75) is 20.3 Å². The van der Waals surface area contributed by atoms with Gasteiger partial charge in [-0.25, -0.2) is 0 Å². The van der Waals surface area contributed by atoms with Crippen LogP contribution in [-0.4, -0.2) is 17.6 Å². The van der Waals surface area contributed by atoms with Crippen LogP contribution in [0.25, 0.3) is 0 Å². The minimum atomic E-state index is -0.314. The second-order valence-electron chi connectivity index (χ2n) is 5.19. The van der Waals surface area contributed by atoms with E-state index in [0.29, 0.717) is 10.9 Å². The van der Waals surface area contributed by atoms with E-state index in [1.165, 1.54) is 0 Å². The molecule has 0 aliphatic carbocycles. The number of amides is 1. The number of anilines is 1. The average molecular weight is 343 g/mol. The summed E-state index contributed by atoms with van der Waals surface area (Å²) >= 11 is 5.18. The number of hydrogen-bond acceptors (Lipinski definition) is 3. The van der Waals surface area contributed by atoms with Crippen LogP contribution in [0, 0.1) is 6.92 Å². The molecule has 5 nitrogen and oxygen atoms in total. The lowest BCUT2D eigenvalue weighted by Crippen LogP contribution is -2.45. The molecule has 6 heteroatoms. The maximum atomic E-state index is 11.8. The van der Waals surface area contributed by atoms with E-state index >= 15 is 0 Å². The van der Waals surface area contributed by atoms with Crippen LogP contribution in [0.5, 0.6) is 5.75 Å². The highest BCUT2D eigenvalue weighted by molar-refractivity contribution is 7.80. The zero-order valence-electron chi connectivity index (χ0n) is 13.8. The summed E-state index contributed by atoms with van der Waals surface area (Å²) in [6.45, 7) is 3.91. The van der Waals surface area contributed by atoms with Gasteiger partial charge in [0.2, 0.25) is 0 Å². The highest BCUT2D eigenvalue weighted by Crippen LogP contribution is 2.16. The van der Waals surface area contributed by atoms with Crippen LogP contribution in [0.15, 0.2) is 48.5 Å². The summed E-state index contributed by atoms with van der Waals surface area (Å²) in [5, 5.41) is 3.38. The number of carbonyl (C=O) groups excluding carboxylic acids is 1. The standard InChI is InChI=1S/C18H21N3O2S/c1-3-14-9-5-6-10-15(14)19-18(24)21-20-17(22)12-23-16-11-7-4-8-13(16)2/h4-11H,3,12H2,1-2H3,(H,20,22)(H2,19,21,24). The highest BCUT2D eigenvalue weighted by atomic mass is 32.1. The third kappa shape index (κ3) is 5.24. The Bertz CT molecular complexity index is 719. The number of thiocarbonyl (C=S) groups is 1. The molecule has 0 atom stereocenters. The van der Waals surface area contributed by atoms with Crippen LogP contribution in [0.1, 0.15) is 18.1 Å². The first kappa shape index (κ1) is 17.7. The summed E-state index contributed by atoms with van der Waals surface area (Å²) in [5.41, 5.74) is 8.23. The molecule has 0 bridgehead atoms. The van der Waals surface area contributed by atoms with Crippen molar-refractivity contribution < 1.29 is 9.53 Å². The van der Waals surface area contributed by atoms with Gasteiger partial charge in [0, 0.05) is 5.69 Å². The van der Waals surface area contributed by atoms with Crippen molar-refractivity contribution in [2.75, 3.05) is 11.9 Å². The zero-order chi connectivity index (χ0) is 17.4. The largest absolute Gasteiger partial charge is 0.483 e. The summed E-state index contributed by atoms with van der Waals surface area (Å²) in [4.78, 5) is 11.8. The van der Waals surface area contributed by atoms with E-state index in [9.17, 15) is 4.79 Å². The SMILES string of the molecule is CCc1ccccc1NC(=S)NNC(=O)COc1ccccc1C. The summed E-state index contributed by atoms with van der Waals surface area (Å²) in [5.74, 6) is 0.372. The Morgan fingerprint density at radius 3 is 2.54 bits per heavy atom. The minimum Gasteiger partial charge on any atom is -0.483 e. The third-order valence-electron chi connectivity index (χ3n) is 3.41. The van der Waals surface area contributed by atoms with Gasteiger partial charge in [-0.05, 0) is 48.8 Å². The molecule has 2 aromatic rings. The highest BCUT2D eigenvalue weighted by Gasteiger charge is 2.06. The molecule has 0 saturated carbocycles. The number of hydrazine groups is 1. The van der Waals surface area contributed by atoms with Gasteiger partial charge in [-0.15, -0.1) is 0 Å². The number of para-hydroxylation sites is 2. The van der Waals surface area contributed by atoms with Gasteiger partial charge in [0.1, 0.15) is 5.75 Å². The molecule has 2 rings (SSSR count). The van der Waals surface area contributed by atoms with Gasteiger partial charge in [-0.1, -0.05) is 43.3 Å². The van der Waals surface area contributed by atoms with Crippen molar-refractivity contribution in [3.63, 3.8) is 0 Å². The van der Waals surface area contributed by atoms with Crippen molar-refractivity contribution in [2.24, 2.45) is 0 Å². The van der Waals surface area contributed by atoms with Gasteiger partial charge >= 0.3 is 0 Å². The van der Waals surface area contributed by atoms with Crippen molar-refractivity contribution >= 4 is 28.9 Å². The second kappa shape index (κ2) is 8.88. The molecule has 0 heterocycles. The van der Waals surface area contributed by atoms with Gasteiger partial charge in [0.15, 0.2) is 11.7 Å². The Morgan fingerprint density at radius 1 is 1.08 bits per heavy atom. The zero-order valence-corrected chi connectivity index (χ0v) is 14.6. The first-order valence-electron chi connectivity index (χ1n) is 7.72. The number of hydrogen-bond donors (Lipinski definition) is 3. The lowest BCUT2D eigenvalue weighted by Gasteiger charge is -2.14. The van der Waals surface area contributed by atoms with Crippen molar-refractivity contribution in [1.29, 1.82) is 0 Å². The molecule has 0 spiro atoms. The van der Waals surface area contributed by atoms with Crippen molar-refractivity contribution in [3.05, 3.63) is 59.7 Å². The molecule has 0 radical (unpaired) electrons. The predicted molar refractivity (Wildman–Crippen MR) is 100.0 cm³/mol. The van der Waals surface area contributed by atoms with E-state index in [1.54, 1.807) is 0 Å². The Kier molecular flexibility index (Phi) is 6.57. The maximum Gasteiger partial charge on any atom is 0.276 e. The molecule has 0 aliphatic rings. The fourth-order valence-corrected chi connectivity index (χ4v) is 2.29. The second-order valence-corrected chi connectivity index (χ2v) is 5.60. The van der Waals surface area contributed by atoms with Gasteiger partial charge in [-0.2, -0.15) is 0 Å². The van der Waals surface area contributed by atoms with E-state index in [4.69, 9.17) is 17.0 Å². The summed E-state index contributed by atoms with van der Waals surface area (Å²) in [6.07, 6.45) is 0.891. The number of ether oxygens (including phenoxy) is 1. The molecule has 0 aromatic heterocycles. The number of aryl methyl sites for hydroxylation is 2. The Balaban J connectivity index is 1.77. The van der Waals surface area contributed by atoms with Crippen LogP contribution < -0.4 is 20.9 Å². The van der Waals surface area contributed by atoms with E-state index in [0.717, 1.165) is 23.2 Å². The van der Waals surface area contributed by atoms with Crippen molar-refractivity contribution in [3.8, 4) is 5.75 Å². The Labute approximate surface area is 147 Å². The number of carbonyl (C=O) groups is 1. The van der Waals surface area contributed by atoms with E-state index < -0.39 is 0 Å². The molecule has 126 valence electrons. The topological polar surface area (TPSA) is 62.4 Å². The van der Waals surface area contributed by atoms with Gasteiger partial charge in [0.05, 0.1) is 0 Å². The molecule has 0 fully saturated rings. The van der Waals surface area contributed by atoms with Gasteiger partial charge in [-0.3, -0.25) is 15.6 Å².